The second-order valence-corrected chi connectivity index (χ2v) is 5.36. The monoisotopic (exact) mass is 237 g/mol. The summed E-state index contributed by atoms with van der Waals surface area (Å²) in [6.07, 6.45) is 5.24. The van der Waals surface area contributed by atoms with Crippen molar-refractivity contribution in [3.05, 3.63) is 35.4 Å². The third kappa shape index (κ3) is 2.83. The van der Waals surface area contributed by atoms with E-state index in [1.165, 1.54) is 37.8 Å². The molecule has 92 valence electrons. The minimum Gasteiger partial charge on any atom is -0.309 e. The van der Waals surface area contributed by atoms with E-state index in [1.807, 2.05) is 0 Å². The number of nitrogens with one attached hydrogen (secondary N) is 1. The minimum atomic E-state index is -0.490. The Kier molecular flexibility index (Phi) is 2.87. The third-order valence-corrected chi connectivity index (χ3v) is 3.72. The summed E-state index contributed by atoms with van der Waals surface area (Å²) in [6.45, 7) is 0.576. The van der Waals surface area contributed by atoms with Gasteiger partial charge in [-0.05, 0) is 55.2 Å². The molecule has 2 saturated carbocycles. The molecule has 2 aliphatic carbocycles. The van der Waals surface area contributed by atoms with Crippen molar-refractivity contribution in [3.8, 4) is 0 Å². The van der Waals surface area contributed by atoms with Crippen molar-refractivity contribution in [1.82, 2.24) is 5.32 Å². The molecule has 1 nitrogen and oxygen atoms in total. The Bertz CT molecular complexity index is 378. The Balaban J connectivity index is 1.61. The lowest BCUT2D eigenvalue weighted by Crippen LogP contribution is -2.32. The van der Waals surface area contributed by atoms with Crippen LogP contribution in [0.4, 0.5) is 8.78 Å². The highest BCUT2D eigenvalue weighted by molar-refractivity contribution is 5.18. The summed E-state index contributed by atoms with van der Waals surface area (Å²) in [5.41, 5.74) is 0.703. The van der Waals surface area contributed by atoms with Crippen LogP contribution < -0.4 is 5.32 Å². The molecule has 0 unspecified atom stereocenters. The second-order valence-electron chi connectivity index (χ2n) is 5.36. The first-order valence-electron chi connectivity index (χ1n) is 6.41. The van der Waals surface area contributed by atoms with Crippen LogP contribution in [0.3, 0.4) is 0 Å². The zero-order valence-corrected chi connectivity index (χ0v) is 9.76. The van der Waals surface area contributed by atoms with E-state index in [0.29, 0.717) is 18.2 Å². The molecule has 0 radical (unpaired) electrons. The molecule has 2 fully saturated rings. The average molecular weight is 237 g/mol. The molecule has 0 saturated heterocycles. The van der Waals surface area contributed by atoms with Gasteiger partial charge in [0.2, 0.25) is 0 Å². The molecule has 17 heavy (non-hydrogen) atoms. The molecule has 1 N–H and O–H groups in total. The average Bonchev–Trinajstić information content (AvgIpc) is 3.12. The first kappa shape index (κ1) is 11.1. The minimum absolute atomic E-state index is 0.490. The molecule has 0 aromatic heterocycles. The van der Waals surface area contributed by atoms with Crippen molar-refractivity contribution in [2.24, 2.45) is 11.8 Å². The van der Waals surface area contributed by atoms with Crippen molar-refractivity contribution >= 4 is 0 Å². The summed E-state index contributed by atoms with van der Waals surface area (Å²) >= 11 is 0. The molecule has 1 aromatic carbocycles. The highest BCUT2D eigenvalue weighted by Crippen LogP contribution is 2.44. The Labute approximate surface area is 100 Å². The molecule has 0 heterocycles. The van der Waals surface area contributed by atoms with Gasteiger partial charge >= 0.3 is 0 Å². The van der Waals surface area contributed by atoms with E-state index in [0.717, 1.165) is 17.9 Å². The first-order chi connectivity index (χ1) is 8.22. The molecule has 1 aromatic rings. The maximum absolute atomic E-state index is 13.0. The van der Waals surface area contributed by atoms with E-state index in [9.17, 15) is 8.78 Å². The van der Waals surface area contributed by atoms with Crippen LogP contribution in [0.15, 0.2) is 18.2 Å². The van der Waals surface area contributed by atoms with Crippen LogP contribution in [-0.4, -0.2) is 6.04 Å². The molecular weight excluding hydrogens is 220 g/mol. The zero-order valence-electron chi connectivity index (χ0n) is 9.76. The maximum Gasteiger partial charge on any atom is 0.126 e. The van der Waals surface area contributed by atoms with Crippen LogP contribution in [-0.2, 0) is 6.54 Å². The molecule has 0 atom stereocenters. The smallest absolute Gasteiger partial charge is 0.126 e. The Hall–Kier alpha value is -0.960. The normalized spacial score (nSPS) is 19.9. The van der Waals surface area contributed by atoms with Gasteiger partial charge in [0.15, 0.2) is 0 Å². The fourth-order valence-electron chi connectivity index (χ4n) is 2.58. The third-order valence-electron chi connectivity index (χ3n) is 3.72. The van der Waals surface area contributed by atoms with E-state index in [1.54, 1.807) is 0 Å². The van der Waals surface area contributed by atoms with Crippen molar-refractivity contribution in [2.75, 3.05) is 0 Å². The predicted octanol–water partition coefficient (Wildman–Crippen LogP) is 3.24. The molecule has 2 aliphatic rings. The lowest BCUT2D eigenvalue weighted by Gasteiger charge is -2.17. The van der Waals surface area contributed by atoms with Gasteiger partial charge in [-0.2, -0.15) is 0 Å². The summed E-state index contributed by atoms with van der Waals surface area (Å²) in [5, 5.41) is 3.48. The van der Waals surface area contributed by atoms with Gasteiger partial charge in [-0.25, -0.2) is 8.78 Å². The highest BCUT2D eigenvalue weighted by atomic mass is 19.1. The Morgan fingerprint density at radius 1 is 1.00 bits per heavy atom. The molecule has 0 bridgehead atoms. The molecule has 3 rings (SSSR count). The summed E-state index contributed by atoms with van der Waals surface area (Å²) in [5.74, 6) is 0.634. The van der Waals surface area contributed by atoms with Crippen LogP contribution in [0.25, 0.3) is 0 Å². The van der Waals surface area contributed by atoms with Gasteiger partial charge in [0.05, 0.1) is 0 Å². The quantitative estimate of drug-likeness (QED) is 0.829. The number of hydrogen-bond acceptors (Lipinski definition) is 1. The summed E-state index contributed by atoms with van der Waals surface area (Å²) in [6, 6.07) is 4.31. The predicted molar refractivity (Wildman–Crippen MR) is 62.4 cm³/mol. The van der Waals surface area contributed by atoms with Crippen molar-refractivity contribution < 1.29 is 8.78 Å². The first-order valence-corrected chi connectivity index (χ1v) is 6.41. The summed E-state index contributed by atoms with van der Waals surface area (Å²) < 4.78 is 26.1. The lowest BCUT2D eigenvalue weighted by atomic mass is 10.1. The maximum atomic E-state index is 13.0. The molecule has 0 amide bonds. The fourth-order valence-corrected chi connectivity index (χ4v) is 2.58. The highest BCUT2D eigenvalue weighted by Gasteiger charge is 2.40. The molecular formula is C14H17F2N. The number of benzene rings is 1. The summed E-state index contributed by atoms with van der Waals surface area (Å²) in [4.78, 5) is 0. The van der Waals surface area contributed by atoms with Crippen molar-refractivity contribution in [1.29, 1.82) is 0 Å². The zero-order chi connectivity index (χ0) is 11.8. The molecule has 0 spiro atoms. The van der Waals surface area contributed by atoms with E-state index in [-0.39, 0.29) is 0 Å². The lowest BCUT2D eigenvalue weighted by molar-refractivity contribution is 0.414. The SMILES string of the molecule is Fc1cc(F)cc(CNC(C2CC2)C2CC2)c1. The van der Waals surface area contributed by atoms with Gasteiger partial charge in [0.25, 0.3) is 0 Å². The number of hydrogen-bond donors (Lipinski definition) is 1. The largest absolute Gasteiger partial charge is 0.309 e. The van der Waals surface area contributed by atoms with E-state index in [4.69, 9.17) is 0 Å². The standard InChI is InChI=1S/C14H17F2N/c15-12-5-9(6-13(16)7-12)8-17-14(10-1-2-10)11-3-4-11/h5-7,10-11,14,17H,1-4,8H2. The number of rotatable bonds is 5. The molecule has 3 heteroatoms. The van der Waals surface area contributed by atoms with E-state index < -0.39 is 11.6 Å². The van der Waals surface area contributed by atoms with Crippen molar-refractivity contribution in [2.45, 2.75) is 38.3 Å². The van der Waals surface area contributed by atoms with Crippen LogP contribution in [0.2, 0.25) is 0 Å². The van der Waals surface area contributed by atoms with E-state index in [2.05, 4.69) is 5.32 Å². The summed E-state index contributed by atoms with van der Waals surface area (Å²) in [7, 11) is 0. The topological polar surface area (TPSA) is 12.0 Å². The van der Waals surface area contributed by atoms with Crippen LogP contribution in [0.5, 0.6) is 0 Å². The molecule has 0 aliphatic heterocycles. The van der Waals surface area contributed by atoms with Gasteiger partial charge in [-0.15, -0.1) is 0 Å². The van der Waals surface area contributed by atoms with Gasteiger partial charge in [0, 0.05) is 18.7 Å². The van der Waals surface area contributed by atoms with Crippen LogP contribution in [0.1, 0.15) is 31.2 Å². The second kappa shape index (κ2) is 4.37. The Morgan fingerprint density at radius 2 is 1.53 bits per heavy atom. The van der Waals surface area contributed by atoms with Gasteiger partial charge in [0.1, 0.15) is 11.6 Å². The Morgan fingerprint density at radius 3 is 2.00 bits per heavy atom. The fraction of sp³-hybridized carbons (Fsp3) is 0.571. The van der Waals surface area contributed by atoms with Gasteiger partial charge in [-0.1, -0.05) is 0 Å². The van der Waals surface area contributed by atoms with Crippen LogP contribution in [0, 0.1) is 23.5 Å². The van der Waals surface area contributed by atoms with E-state index >= 15 is 0 Å². The van der Waals surface area contributed by atoms with Crippen molar-refractivity contribution in [3.63, 3.8) is 0 Å². The van der Waals surface area contributed by atoms with Crippen LogP contribution >= 0.6 is 0 Å². The number of halogens is 2. The van der Waals surface area contributed by atoms with Gasteiger partial charge < -0.3 is 5.32 Å². The van der Waals surface area contributed by atoms with Gasteiger partial charge in [-0.3, -0.25) is 0 Å².